The quantitative estimate of drug-likeness (QED) is 0.946. The number of carbonyl (C=O) groups is 2. The van der Waals surface area contributed by atoms with E-state index in [0.29, 0.717) is 16.8 Å². The number of anilines is 1. The number of nitrogens with one attached hydrogen (secondary N) is 1. The summed E-state index contributed by atoms with van der Waals surface area (Å²) >= 11 is 0. The number of rotatable bonds is 3. The largest absolute Gasteiger partial charge is 0.472 e. The monoisotopic (exact) mass is 298 g/mol. The molecular weight excluding hydrogens is 280 g/mol. The molecule has 1 aromatic heterocycles. The van der Waals surface area contributed by atoms with Crippen LogP contribution in [0, 0.1) is 0 Å². The van der Waals surface area contributed by atoms with E-state index in [1.165, 1.54) is 18.9 Å². The summed E-state index contributed by atoms with van der Waals surface area (Å²) in [7, 11) is 0. The highest BCUT2D eigenvalue weighted by Gasteiger charge is 2.21. The van der Waals surface area contributed by atoms with Crippen molar-refractivity contribution in [1.82, 2.24) is 4.90 Å². The van der Waals surface area contributed by atoms with E-state index in [1.807, 2.05) is 11.0 Å². The summed E-state index contributed by atoms with van der Waals surface area (Å²) in [6.07, 6.45) is 6.07. The summed E-state index contributed by atoms with van der Waals surface area (Å²) < 4.78 is 4.91. The van der Waals surface area contributed by atoms with Crippen LogP contribution in [0.2, 0.25) is 0 Å². The van der Waals surface area contributed by atoms with E-state index in [1.54, 1.807) is 24.3 Å². The maximum Gasteiger partial charge on any atom is 0.258 e. The second-order valence-electron chi connectivity index (χ2n) is 5.36. The number of nitrogens with zero attached hydrogens (tertiary/aromatic N) is 1. The highest BCUT2D eigenvalue weighted by Crippen LogP contribution is 2.20. The lowest BCUT2D eigenvalue weighted by molar-refractivity contribution is 0.0725. The zero-order valence-electron chi connectivity index (χ0n) is 12.2. The Bertz CT molecular complexity index is 658. The van der Waals surface area contributed by atoms with Crippen LogP contribution in [-0.2, 0) is 0 Å². The molecule has 1 aliphatic heterocycles. The van der Waals surface area contributed by atoms with E-state index in [2.05, 4.69) is 5.32 Å². The summed E-state index contributed by atoms with van der Waals surface area (Å²) in [5, 5.41) is 2.79. The van der Waals surface area contributed by atoms with Crippen molar-refractivity contribution in [3.05, 3.63) is 54.0 Å². The van der Waals surface area contributed by atoms with E-state index in [0.717, 1.165) is 25.9 Å². The summed E-state index contributed by atoms with van der Waals surface area (Å²) in [5.74, 6) is -0.310. The molecule has 0 saturated carbocycles. The maximum atomic E-state index is 12.6. The van der Waals surface area contributed by atoms with Gasteiger partial charge in [0, 0.05) is 13.1 Å². The lowest BCUT2D eigenvalue weighted by atomic mass is 10.1. The lowest BCUT2D eigenvalue weighted by Gasteiger charge is -2.27. The van der Waals surface area contributed by atoms with Crippen LogP contribution in [0.1, 0.15) is 40.0 Å². The highest BCUT2D eigenvalue weighted by atomic mass is 16.3. The number of piperidine rings is 1. The van der Waals surface area contributed by atoms with Crippen LogP contribution in [0.5, 0.6) is 0 Å². The summed E-state index contributed by atoms with van der Waals surface area (Å²) in [6.45, 7) is 1.56. The summed E-state index contributed by atoms with van der Waals surface area (Å²) in [5.41, 5.74) is 1.49. The van der Waals surface area contributed by atoms with Crippen LogP contribution in [0.25, 0.3) is 0 Å². The molecular formula is C17H18N2O3. The standard InChI is InChI=1S/C17H18N2O3/c20-16(13-8-11-22-12-13)18-15-7-3-2-6-14(15)17(21)19-9-4-1-5-10-19/h2-3,6-8,11-12H,1,4-5,9-10H2,(H,18,20). The van der Waals surface area contributed by atoms with E-state index in [4.69, 9.17) is 4.42 Å². The van der Waals surface area contributed by atoms with E-state index < -0.39 is 0 Å². The molecule has 1 aliphatic rings. The molecule has 3 rings (SSSR count). The molecule has 5 heteroatoms. The van der Waals surface area contributed by atoms with Crippen LogP contribution in [0.4, 0.5) is 5.69 Å². The molecule has 0 radical (unpaired) electrons. The Morgan fingerprint density at radius 2 is 1.82 bits per heavy atom. The number of amides is 2. The number of carbonyl (C=O) groups excluding carboxylic acids is 2. The van der Waals surface area contributed by atoms with Gasteiger partial charge >= 0.3 is 0 Å². The molecule has 0 bridgehead atoms. The second-order valence-corrected chi connectivity index (χ2v) is 5.36. The van der Waals surface area contributed by atoms with E-state index >= 15 is 0 Å². The third-order valence-corrected chi connectivity index (χ3v) is 3.83. The number of likely N-dealkylation sites (tertiary alicyclic amines) is 1. The fourth-order valence-corrected chi connectivity index (χ4v) is 2.63. The molecule has 0 unspecified atom stereocenters. The topological polar surface area (TPSA) is 62.6 Å². The molecule has 22 heavy (non-hydrogen) atoms. The zero-order valence-corrected chi connectivity index (χ0v) is 12.2. The predicted octanol–water partition coefficient (Wildman–Crippen LogP) is 3.16. The molecule has 1 fully saturated rings. The van der Waals surface area contributed by atoms with Crippen molar-refractivity contribution < 1.29 is 14.0 Å². The van der Waals surface area contributed by atoms with Gasteiger partial charge in [-0.2, -0.15) is 0 Å². The Balaban J connectivity index is 1.80. The first kappa shape index (κ1) is 14.4. The third-order valence-electron chi connectivity index (χ3n) is 3.83. The molecule has 0 atom stereocenters. The zero-order chi connectivity index (χ0) is 15.4. The summed E-state index contributed by atoms with van der Waals surface area (Å²) in [4.78, 5) is 26.6. The highest BCUT2D eigenvalue weighted by molar-refractivity contribution is 6.08. The summed E-state index contributed by atoms with van der Waals surface area (Å²) in [6, 6.07) is 8.70. The van der Waals surface area contributed by atoms with Gasteiger partial charge in [-0.25, -0.2) is 0 Å². The first-order valence-electron chi connectivity index (χ1n) is 7.47. The van der Waals surface area contributed by atoms with Gasteiger partial charge in [0.15, 0.2) is 0 Å². The van der Waals surface area contributed by atoms with Crippen molar-refractivity contribution in [2.24, 2.45) is 0 Å². The van der Waals surface area contributed by atoms with Gasteiger partial charge in [-0.3, -0.25) is 9.59 Å². The van der Waals surface area contributed by atoms with Gasteiger partial charge in [0.2, 0.25) is 0 Å². The molecule has 5 nitrogen and oxygen atoms in total. The molecule has 2 heterocycles. The van der Waals surface area contributed by atoms with Gasteiger partial charge in [-0.1, -0.05) is 12.1 Å². The Morgan fingerprint density at radius 3 is 2.55 bits per heavy atom. The van der Waals surface area contributed by atoms with E-state index in [9.17, 15) is 9.59 Å². The number of para-hydroxylation sites is 1. The first-order valence-corrected chi connectivity index (χ1v) is 7.47. The Kier molecular flexibility index (Phi) is 4.23. The van der Waals surface area contributed by atoms with Gasteiger partial charge in [-0.15, -0.1) is 0 Å². The minimum Gasteiger partial charge on any atom is -0.472 e. The smallest absolute Gasteiger partial charge is 0.258 e. The Hall–Kier alpha value is -2.56. The average molecular weight is 298 g/mol. The Labute approximate surface area is 128 Å². The molecule has 0 spiro atoms. The maximum absolute atomic E-state index is 12.6. The molecule has 1 aromatic carbocycles. The molecule has 1 N–H and O–H groups in total. The normalized spacial score (nSPS) is 14.6. The molecule has 0 aliphatic carbocycles. The van der Waals surface area contributed by atoms with Crippen molar-refractivity contribution in [3.8, 4) is 0 Å². The number of hydrogen-bond donors (Lipinski definition) is 1. The van der Waals surface area contributed by atoms with Crippen LogP contribution < -0.4 is 5.32 Å². The minimum absolute atomic E-state index is 0.0252. The SMILES string of the molecule is O=C(Nc1ccccc1C(=O)N1CCCCC1)c1ccoc1. The molecule has 2 amide bonds. The van der Waals surface area contributed by atoms with Crippen molar-refractivity contribution in [2.75, 3.05) is 18.4 Å². The third kappa shape index (κ3) is 3.03. The van der Waals surface area contributed by atoms with Gasteiger partial charge in [0.05, 0.1) is 23.1 Å². The van der Waals surface area contributed by atoms with Crippen LogP contribution in [0.3, 0.4) is 0 Å². The minimum atomic E-state index is -0.285. The fraction of sp³-hybridized carbons (Fsp3) is 0.294. The van der Waals surface area contributed by atoms with Gasteiger partial charge in [0.25, 0.3) is 11.8 Å². The van der Waals surface area contributed by atoms with Crippen LogP contribution in [-0.4, -0.2) is 29.8 Å². The van der Waals surface area contributed by atoms with Crippen molar-refractivity contribution >= 4 is 17.5 Å². The van der Waals surface area contributed by atoms with Crippen LogP contribution >= 0.6 is 0 Å². The lowest BCUT2D eigenvalue weighted by Crippen LogP contribution is -2.36. The van der Waals surface area contributed by atoms with Gasteiger partial charge in [0.1, 0.15) is 6.26 Å². The van der Waals surface area contributed by atoms with Crippen molar-refractivity contribution in [2.45, 2.75) is 19.3 Å². The van der Waals surface area contributed by atoms with Crippen molar-refractivity contribution in [1.29, 1.82) is 0 Å². The number of furan rings is 1. The number of hydrogen-bond acceptors (Lipinski definition) is 3. The van der Waals surface area contributed by atoms with Gasteiger partial charge < -0.3 is 14.6 Å². The molecule has 114 valence electrons. The Morgan fingerprint density at radius 1 is 1.05 bits per heavy atom. The first-order chi connectivity index (χ1) is 10.8. The number of benzene rings is 1. The van der Waals surface area contributed by atoms with Crippen molar-refractivity contribution in [3.63, 3.8) is 0 Å². The molecule has 2 aromatic rings. The van der Waals surface area contributed by atoms with Crippen LogP contribution in [0.15, 0.2) is 47.3 Å². The fourth-order valence-electron chi connectivity index (χ4n) is 2.63. The second kappa shape index (κ2) is 6.47. The molecule has 1 saturated heterocycles. The average Bonchev–Trinajstić information content (AvgIpc) is 3.10. The van der Waals surface area contributed by atoms with Gasteiger partial charge in [-0.05, 0) is 37.5 Å². The van der Waals surface area contributed by atoms with E-state index in [-0.39, 0.29) is 11.8 Å². The predicted molar refractivity (Wildman–Crippen MR) is 82.9 cm³/mol.